The summed E-state index contributed by atoms with van der Waals surface area (Å²) >= 11 is 0. The molecule has 0 spiro atoms. The lowest BCUT2D eigenvalue weighted by Crippen LogP contribution is -2.06. The van der Waals surface area contributed by atoms with Gasteiger partial charge in [0.1, 0.15) is 0 Å². The maximum absolute atomic E-state index is 4.95. The van der Waals surface area contributed by atoms with Gasteiger partial charge in [-0.05, 0) is 60.8 Å². The van der Waals surface area contributed by atoms with E-state index in [2.05, 4.69) is 83.5 Å². The van der Waals surface area contributed by atoms with Gasteiger partial charge in [0, 0.05) is 11.1 Å². The maximum atomic E-state index is 4.95. The van der Waals surface area contributed by atoms with E-state index in [1.54, 1.807) is 0 Å². The number of hydrogen-bond donors (Lipinski definition) is 0. The predicted octanol–water partition coefficient (Wildman–Crippen LogP) is 7.99. The monoisotopic (exact) mass is 402 g/mol. The summed E-state index contributed by atoms with van der Waals surface area (Å²) in [4.78, 5) is 9.45. The molecule has 1 heterocycles. The number of benzene rings is 1. The lowest BCUT2D eigenvalue weighted by Gasteiger charge is -2.19. The topological polar surface area (TPSA) is 25.8 Å². The molecule has 1 aromatic heterocycles. The molecule has 0 amide bonds. The van der Waals surface area contributed by atoms with E-state index in [-0.39, 0.29) is 5.41 Å². The Morgan fingerprint density at radius 1 is 1.20 bits per heavy atom. The van der Waals surface area contributed by atoms with E-state index >= 15 is 0 Å². The quantitative estimate of drug-likeness (QED) is 0.418. The first-order chi connectivity index (χ1) is 14.2. The zero-order valence-corrected chi connectivity index (χ0v) is 19.9. The average Bonchev–Trinajstić information content (AvgIpc) is 2.71. The van der Waals surface area contributed by atoms with Gasteiger partial charge < -0.3 is 0 Å². The molecule has 1 aromatic carbocycles. The third-order valence-electron chi connectivity index (χ3n) is 5.76. The summed E-state index contributed by atoms with van der Waals surface area (Å²) in [5.41, 5.74) is 7.70. The molecular weight excluding hydrogens is 364 g/mol. The highest BCUT2D eigenvalue weighted by Crippen LogP contribution is 2.29. The Kier molecular flexibility index (Phi) is 8.34. The van der Waals surface area contributed by atoms with Crippen LogP contribution in [-0.4, -0.2) is 9.97 Å². The molecule has 1 atom stereocenters. The summed E-state index contributed by atoms with van der Waals surface area (Å²) in [5, 5.41) is 0. The van der Waals surface area contributed by atoms with Crippen molar-refractivity contribution in [3.63, 3.8) is 0 Å². The second-order valence-corrected chi connectivity index (χ2v) is 9.37. The lowest BCUT2D eigenvalue weighted by atomic mass is 9.86. The molecule has 0 saturated carbocycles. The van der Waals surface area contributed by atoms with Gasteiger partial charge in [0.25, 0.3) is 0 Å². The second kappa shape index (κ2) is 10.5. The molecule has 0 radical (unpaired) electrons. The van der Waals surface area contributed by atoms with Gasteiger partial charge in [-0.3, -0.25) is 4.98 Å². The van der Waals surface area contributed by atoms with Crippen LogP contribution in [0.2, 0.25) is 0 Å². The standard InChI is InChI=1S/C28H38N2/c1-9-11-24(17-22(5)28(6,7)8)26-18-29-19-27(30-26)25-15-14-23(16-21(25)4)13-12-20(3)10-2/h9,11,14-20H,5,10,12-13H2,1-4,6-8H3/b11-9-,24-17+. The highest BCUT2D eigenvalue weighted by Gasteiger charge is 2.15. The van der Waals surface area contributed by atoms with Crippen molar-refractivity contribution in [2.75, 3.05) is 0 Å². The normalized spacial score (nSPS) is 13.6. The molecule has 160 valence electrons. The summed E-state index contributed by atoms with van der Waals surface area (Å²) in [6.07, 6.45) is 13.5. The highest BCUT2D eigenvalue weighted by atomic mass is 14.8. The van der Waals surface area contributed by atoms with Gasteiger partial charge in [-0.25, -0.2) is 4.98 Å². The Bertz CT molecular complexity index is 926. The van der Waals surface area contributed by atoms with Crippen LogP contribution in [-0.2, 0) is 6.42 Å². The van der Waals surface area contributed by atoms with Crippen molar-refractivity contribution in [3.05, 3.63) is 77.8 Å². The third-order valence-corrected chi connectivity index (χ3v) is 5.76. The van der Waals surface area contributed by atoms with Gasteiger partial charge in [0.05, 0.1) is 23.8 Å². The van der Waals surface area contributed by atoms with Crippen LogP contribution in [0.1, 0.15) is 71.2 Å². The number of allylic oxidation sites excluding steroid dienone is 5. The van der Waals surface area contributed by atoms with Gasteiger partial charge in [0.15, 0.2) is 0 Å². The van der Waals surface area contributed by atoms with Crippen LogP contribution in [0.3, 0.4) is 0 Å². The Morgan fingerprint density at radius 2 is 1.93 bits per heavy atom. The zero-order chi connectivity index (χ0) is 22.3. The molecule has 30 heavy (non-hydrogen) atoms. The number of rotatable bonds is 8. The fraction of sp³-hybridized carbons (Fsp3) is 0.429. The summed E-state index contributed by atoms with van der Waals surface area (Å²) in [6, 6.07) is 6.74. The molecule has 0 aliphatic carbocycles. The smallest absolute Gasteiger partial charge is 0.0895 e. The first kappa shape index (κ1) is 23.8. The van der Waals surface area contributed by atoms with Crippen LogP contribution in [0.25, 0.3) is 16.8 Å². The summed E-state index contributed by atoms with van der Waals surface area (Å²) in [5.74, 6) is 0.771. The minimum Gasteiger partial charge on any atom is -0.260 e. The van der Waals surface area contributed by atoms with Gasteiger partial charge in [-0.1, -0.05) is 78.0 Å². The lowest BCUT2D eigenvalue weighted by molar-refractivity contribution is 0.516. The van der Waals surface area contributed by atoms with Gasteiger partial charge in [-0.15, -0.1) is 0 Å². The number of aryl methyl sites for hydroxylation is 2. The third kappa shape index (κ3) is 6.52. The second-order valence-electron chi connectivity index (χ2n) is 9.37. The van der Waals surface area contributed by atoms with Crippen LogP contribution < -0.4 is 0 Å². The van der Waals surface area contributed by atoms with Crippen molar-refractivity contribution in [1.82, 2.24) is 9.97 Å². The van der Waals surface area contributed by atoms with Crippen LogP contribution >= 0.6 is 0 Å². The first-order valence-corrected chi connectivity index (χ1v) is 11.1. The van der Waals surface area contributed by atoms with Crippen molar-refractivity contribution in [2.45, 2.75) is 67.7 Å². The van der Waals surface area contributed by atoms with Crippen molar-refractivity contribution < 1.29 is 0 Å². The van der Waals surface area contributed by atoms with E-state index in [1.165, 1.54) is 24.0 Å². The summed E-state index contributed by atoms with van der Waals surface area (Å²) < 4.78 is 0. The van der Waals surface area contributed by atoms with E-state index in [0.29, 0.717) is 0 Å². The molecule has 0 N–H and O–H groups in total. The van der Waals surface area contributed by atoms with Gasteiger partial charge in [0.2, 0.25) is 0 Å². The molecule has 2 nitrogen and oxygen atoms in total. The van der Waals surface area contributed by atoms with Crippen molar-refractivity contribution in [3.8, 4) is 11.3 Å². The van der Waals surface area contributed by atoms with Crippen LogP contribution in [0.15, 0.2) is 61.0 Å². The van der Waals surface area contributed by atoms with E-state index in [1.807, 2.05) is 25.4 Å². The summed E-state index contributed by atoms with van der Waals surface area (Å²) in [7, 11) is 0. The Labute approximate surface area is 183 Å². The van der Waals surface area contributed by atoms with E-state index in [4.69, 9.17) is 4.98 Å². The zero-order valence-electron chi connectivity index (χ0n) is 19.9. The number of hydrogen-bond acceptors (Lipinski definition) is 2. The van der Waals surface area contributed by atoms with Gasteiger partial charge in [-0.2, -0.15) is 0 Å². The average molecular weight is 403 g/mol. The molecule has 2 heteroatoms. The van der Waals surface area contributed by atoms with E-state index < -0.39 is 0 Å². The maximum Gasteiger partial charge on any atom is 0.0895 e. The molecule has 1 unspecified atom stereocenters. The Morgan fingerprint density at radius 3 is 2.53 bits per heavy atom. The molecule has 2 aromatic rings. The molecule has 0 fully saturated rings. The molecule has 0 saturated heterocycles. The van der Waals surface area contributed by atoms with Crippen LogP contribution in [0, 0.1) is 18.3 Å². The molecule has 2 rings (SSSR count). The van der Waals surface area contributed by atoms with E-state index in [0.717, 1.165) is 40.4 Å². The minimum absolute atomic E-state index is 0.0135. The molecule has 0 aliphatic heterocycles. The minimum atomic E-state index is 0.0135. The fourth-order valence-corrected chi connectivity index (χ4v) is 3.21. The van der Waals surface area contributed by atoms with E-state index in [9.17, 15) is 0 Å². The SMILES string of the molecule is C=C(/C=C(\C=C/C)c1cncc(-c2ccc(CCC(C)CC)cc2C)n1)C(C)(C)C. The first-order valence-electron chi connectivity index (χ1n) is 11.1. The molecule has 0 aliphatic rings. The molecule has 0 bridgehead atoms. The number of nitrogens with zero attached hydrogens (tertiary/aromatic N) is 2. The fourth-order valence-electron chi connectivity index (χ4n) is 3.21. The number of aromatic nitrogens is 2. The summed E-state index contributed by atoms with van der Waals surface area (Å²) in [6.45, 7) is 19.6. The van der Waals surface area contributed by atoms with Crippen molar-refractivity contribution in [2.24, 2.45) is 11.3 Å². The van der Waals surface area contributed by atoms with Crippen molar-refractivity contribution >= 4 is 5.57 Å². The van der Waals surface area contributed by atoms with Crippen LogP contribution in [0.5, 0.6) is 0 Å². The Balaban J connectivity index is 2.36. The highest BCUT2D eigenvalue weighted by molar-refractivity contribution is 5.75. The largest absolute Gasteiger partial charge is 0.260 e. The van der Waals surface area contributed by atoms with Crippen molar-refractivity contribution in [1.29, 1.82) is 0 Å². The van der Waals surface area contributed by atoms with Gasteiger partial charge >= 0.3 is 0 Å². The molecular formula is C28H38N2. The Hall–Kier alpha value is -2.48. The predicted molar refractivity (Wildman–Crippen MR) is 131 cm³/mol. The van der Waals surface area contributed by atoms with Crippen LogP contribution in [0.4, 0.5) is 0 Å².